The Kier molecular flexibility index (Phi) is 3.92. The van der Waals surface area contributed by atoms with Crippen LogP contribution in [0, 0.1) is 6.92 Å². The second kappa shape index (κ2) is 6.02. The molecule has 0 saturated carbocycles. The topological polar surface area (TPSA) is 47.9 Å². The van der Waals surface area contributed by atoms with Gasteiger partial charge in [-0.05, 0) is 55.7 Å². The molecule has 0 spiro atoms. The van der Waals surface area contributed by atoms with Crippen molar-refractivity contribution in [3.8, 4) is 5.75 Å². The molecule has 0 bridgehead atoms. The molecule has 0 aliphatic heterocycles. The second-order valence-electron chi connectivity index (χ2n) is 5.31. The monoisotopic (exact) mass is 295 g/mol. The van der Waals surface area contributed by atoms with Crippen molar-refractivity contribution in [2.24, 2.45) is 5.16 Å². The molecule has 0 amide bonds. The number of benzene rings is 2. The number of carbonyl (C=O) groups is 1. The number of carbonyl (C=O) groups excluding carboxylic acids is 1. The zero-order valence-corrected chi connectivity index (χ0v) is 12.6. The maximum atomic E-state index is 12.0. The van der Waals surface area contributed by atoms with Crippen molar-refractivity contribution in [1.82, 2.24) is 0 Å². The smallest absolute Gasteiger partial charge is 0.365 e. The van der Waals surface area contributed by atoms with Crippen LogP contribution in [-0.4, -0.2) is 18.8 Å². The van der Waals surface area contributed by atoms with Gasteiger partial charge in [-0.15, -0.1) is 0 Å². The van der Waals surface area contributed by atoms with E-state index in [2.05, 4.69) is 5.16 Å². The highest BCUT2D eigenvalue weighted by molar-refractivity contribution is 6.04. The molecule has 0 radical (unpaired) electrons. The lowest BCUT2D eigenvalue weighted by atomic mass is 10.1. The van der Waals surface area contributed by atoms with E-state index in [-0.39, 0.29) is 0 Å². The van der Waals surface area contributed by atoms with Crippen molar-refractivity contribution in [1.29, 1.82) is 0 Å². The van der Waals surface area contributed by atoms with E-state index >= 15 is 0 Å². The van der Waals surface area contributed by atoms with Gasteiger partial charge in [-0.2, -0.15) is 0 Å². The number of nitrogens with zero attached hydrogens (tertiary/aromatic N) is 1. The number of hydrogen-bond acceptors (Lipinski definition) is 4. The molecular formula is C18H17NO3. The molecule has 112 valence electrons. The second-order valence-corrected chi connectivity index (χ2v) is 5.31. The van der Waals surface area contributed by atoms with Crippen LogP contribution >= 0.6 is 0 Å². The summed E-state index contributed by atoms with van der Waals surface area (Å²) in [7, 11) is 1.65. The van der Waals surface area contributed by atoms with Gasteiger partial charge in [0.2, 0.25) is 0 Å². The third kappa shape index (κ3) is 2.86. The summed E-state index contributed by atoms with van der Waals surface area (Å²) < 4.78 is 5.22. The van der Waals surface area contributed by atoms with Crippen LogP contribution in [0.3, 0.4) is 0 Å². The first-order valence-electron chi connectivity index (χ1n) is 7.19. The van der Waals surface area contributed by atoms with Crippen molar-refractivity contribution in [2.45, 2.75) is 19.8 Å². The van der Waals surface area contributed by atoms with Gasteiger partial charge in [-0.25, -0.2) is 4.79 Å². The van der Waals surface area contributed by atoms with E-state index in [4.69, 9.17) is 9.57 Å². The molecule has 22 heavy (non-hydrogen) atoms. The van der Waals surface area contributed by atoms with Crippen molar-refractivity contribution in [3.05, 3.63) is 64.7 Å². The van der Waals surface area contributed by atoms with Gasteiger partial charge >= 0.3 is 5.97 Å². The van der Waals surface area contributed by atoms with Gasteiger partial charge in [-0.1, -0.05) is 22.9 Å². The van der Waals surface area contributed by atoms with Crippen molar-refractivity contribution < 1.29 is 14.4 Å². The molecule has 1 aliphatic carbocycles. The standard InChI is InChI=1S/C18H17NO3/c1-12-4-3-5-14(10-12)18(20)22-19-17-9-6-13-11-15(21-2)7-8-16(13)17/h3-5,7-8,10-11H,6,9H2,1-2H3/b19-17-. The lowest BCUT2D eigenvalue weighted by Crippen LogP contribution is -2.04. The fourth-order valence-corrected chi connectivity index (χ4v) is 2.59. The molecule has 1 aliphatic rings. The highest BCUT2D eigenvalue weighted by Gasteiger charge is 2.19. The normalized spacial score (nSPS) is 14.7. The van der Waals surface area contributed by atoms with Crippen LogP contribution in [0.15, 0.2) is 47.6 Å². The summed E-state index contributed by atoms with van der Waals surface area (Å²) in [6, 6.07) is 13.1. The summed E-state index contributed by atoms with van der Waals surface area (Å²) in [6.45, 7) is 1.93. The number of ether oxygens (including phenoxy) is 1. The number of rotatable bonds is 3. The Hall–Kier alpha value is -2.62. The Bertz CT molecular complexity index is 750. The molecule has 3 rings (SSSR count). The summed E-state index contributed by atoms with van der Waals surface area (Å²) in [5.41, 5.74) is 4.53. The number of aryl methyl sites for hydroxylation is 2. The minimum absolute atomic E-state index is 0.432. The third-order valence-electron chi connectivity index (χ3n) is 3.75. The molecule has 0 atom stereocenters. The predicted octanol–water partition coefficient (Wildman–Crippen LogP) is 3.51. The molecule has 0 saturated heterocycles. The average Bonchev–Trinajstić information content (AvgIpc) is 2.94. The van der Waals surface area contributed by atoms with Crippen LogP contribution in [0.25, 0.3) is 0 Å². The Labute approximate surface area is 129 Å². The highest BCUT2D eigenvalue weighted by Crippen LogP contribution is 2.26. The first kappa shape index (κ1) is 14.3. The first-order valence-corrected chi connectivity index (χ1v) is 7.19. The number of hydrogen-bond donors (Lipinski definition) is 0. The van der Waals surface area contributed by atoms with Crippen LogP contribution in [0.5, 0.6) is 5.75 Å². The SMILES string of the molecule is COc1ccc2c(c1)CC/C2=N/OC(=O)c1cccc(C)c1. The maximum Gasteiger partial charge on any atom is 0.365 e. The van der Waals surface area contributed by atoms with Crippen LogP contribution in [0.1, 0.15) is 33.5 Å². The van der Waals surface area contributed by atoms with Crippen LogP contribution in [-0.2, 0) is 11.3 Å². The lowest BCUT2D eigenvalue weighted by molar-refractivity contribution is 0.0516. The molecule has 0 N–H and O–H groups in total. The van der Waals surface area contributed by atoms with Gasteiger partial charge < -0.3 is 9.57 Å². The summed E-state index contributed by atoms with van der Waals surface area (Å²) in [5, 5.41) is 4.05. The Morgan fingerprint density at radius 3 is 2.77 bits per heavy atom. The number of oxime groups is 1. The molecule has 0 unspecified atom stereocenters. The first-order chi connectivity index (χ1) is 10.7. The van der Waals surface area contributed by atoms with E-state index in [1.54, 1.807) is 19.2 Å². The van der Waals surface area contributed by atoms with Gasteiger partial charge in [0.15, 0.2) is 0 Å². The summed E-state index contributed by atoms with van der Waals surface area (Å²) in [6.07, 6.45) is 1.65. The van der Waals surface area contributed by atoms with Crippen molar-refractivity contribution >= 4 is 11.7 Å². The minimum atomic E-state index is -0.432. The fraction of sp³-hybridized carbons (Fsp3) is 0.222. The van der Waals surface area contributed by atoms with Crippen LogP contribution < -0.4 is 4.74 Å². The van der Waals surface area contributed by atoms with Gasteiger partial charge in [-0.3, -0.25) is 0 Å². The summed E-state index contributed by atoms with van der Waals surface area (Å²) in [5.74, 6) is 0.398. The molecule has 0 heterocycles. The van der Waals surface area contributed by atoms with Gasteiger partial charge in [0.25, 0.3) is 0 Å². The van der Waals surface area contributed by atoms with E-state index in [1.807, 2.05) is 37.3 Å². The van der Waals surface area contributed by atoms with Crippen molar-refractivity contribution in [3.63, 3.8) is 0 Å². The fourth-order valence-electron chi connectivity index (χ4n) is 2.59. The van der Waals surface area contributed by atoms with Gasteiger partial charge in [0.05, 0.1) is 18.4 Å². The summed E-state index contributed by atoms with van der Waals surface area (Å²) in [4.78, 5) is 17.1. The number of methoxy groups -OCH3 is 1. The zero-order valence-electron chi connectivity index (χ0n) is 12.6. The van der Waals surface area contributed by atoms with E-state index in [0.717, 1.165) is 35.4 Å². The zero-order chi connectivity index (χ0) is 15.5. The molecule has 2 aromatic carbocycles. The largest absolute Gasteiger partial charge is 0.497 e. The predicted molar refractivity (Wildman–Crippen MR) is 84.4 cm³/mol. The van der Waals surface area contributed by atoms with E-state index in [1.165, 1.54) is 5.56 Å². The minimum Gasteiger partial charge on any atom is -0.497 e. The molecule has 4 nitrogen and oxygen atoms in total. The maximum absolute atomic E-state index is 12.0. The van der Waals surface area contributed by atoms with Crippen LogP contribution in [0.2, 0.25) is 0 Å². The third-order valence-corrected chi connectivity index (χ3v) is 3.75. The van der Waals surface area contributed by atoms with E-state index < -0.39 is 5.97 Å². The molecule has 4 heteroatoms. The number of fused-ring (bicyclic) bond motifs is 1. The molecule has 0 aromatic heterocycles. The van der Waals surface area contributed by atoms with Crippen molar-refractivity contribution in [2.75, 3.05) is 7.11 Å². The molecule has 0 fully saturated rings. The molecular weight excluding hydrogens is 278 g/mol. The quantitative estimate of drug-likeness (QED) is 0.643. The Balaban J connectivity index is 1.77. The Morgan fingerprint density at radius 1 is 1.14 bits per heavy atom. The van der Waals surface area contributed by atoms with Gasteiger partial charge in [0, 0.05) is 5.56 Å². The highest BCUT2D eigenvalue weighted by atomic mass is 16.7. The van der Waals surface area contributed by atoms with Crippen LogP contribution in [0.4, 0.5) is 0 Å². The Morgan fingerprint density at radius 2 is 2.00 bits per heavy atom. The van der Waals surface area contributed by atoms with Gasteiger partial charge in [0.1, 0.15) is 5.75 Å². The van der Waals surface area contributed by atoms with E-state index in [9.17, 15) is 4.79 Å². The molecule has 2 aromatic rings. The lowest BCUT2D eigenvalue weighted by Gasteiger charge is -2.04. The van der Waals surface area contributed by atoms with E-state index in [0.29, 0.717) is 5.56 Å². The summed E-state index contributed by atoms with van der Waals surface area (Å²) >= 11 is 0. The average molecular weight is 295 g/mol.